The van der Waals surface area contributed by atoms with Crippen molar-refractivity contribution < 1.29 is 0 Å². The van der Waals surface area contributed by atoms with Crippen LogP contribution in [0, 0.1) is 11.3 Å². The fourth-order valence-corrected chi connectivity index (χ4v) is 2.96. The molecular formula is C23H23N5. The molecule has 2 aromatic rings. The van der Waals surface area contributed by atoms with Crippen LogP contribution < -0.4 is 11.1 Å². The minimum atomic E-state index is 0.212. The number of nitrogens with zero attached hydrogens (tertiary/aromatic N) is 3. The first-order chi connectivity index (χ1) is 13.6. The van der Waals surface area contributed by atoms with Gasteiger partial charge < -0.3 is 11.1 Å². The molecule has 3 N–H and O–H groups in total. The van der Waals surface area contributed by atoms with Gasteiger partial charge in [0.1, 0.15) is 5.82 Å². The maximum Gasteiger partial charge on any atom is 0.222 e. The van der Waals surface area contributed by atoms with Crippen LogP contribution in [0.25, 0.3) is 0 Å². The maximum atomic E-state index is 8.89. The molecule has 5 heteroatoms. The minimum absolute atomic E-state index is 0.212. The average Bonchev–Trinajstić information content (AvgIpc) is 2.84. The van der Waals surface area contributed by atoms with Gasteiger partial charge in [0.2, 0.25) is 5.96 Å². The SMILES string of the molecule is C=C1C=C(Nc2ccc(C#N)cc2)N=C(N)N=C1CCCCc1ccccc1. The molecule has 3 rings (SSSR count). The van der Waals surface area contributed by atoms with E-state index in [0.717, 1.165) is 42.7 Å². The molecule has 2 aromatic carbocycles. The van der Waals surface area contributed by atoms with Crippen molar-refractivity contribution in [2.45, 2.75) is 25.7 Å². The van der Waals surface area contributed by atoms with Gasteiger partial charge in [0.25, 0.3) is 0 Å². The highest BCUT2D eigenvalue weighted by molar-refractivity contribution is 6.09. The summed E-state index contributed by atoms with van der Waals surface area (Å²) in [6.45, 7) is 4.13. The van der Waals surface area contributed by atoms with E-state index in [1.165, 1.54) is 5.56 Å². The number of benzene rings is 2. The van der Waals surface area contributed by atoms with E-state index in [-0.39, 0.29) is 5.96 Å². The predicted octanol–water partition coefficient (Wildman–Crippen LogP) is 4.55. The summed E-state index contributed by atoms with van der Waals surface area (Å²) in [7, 11) is 0. The molecule has 140 valence electrons. The number of nitrogens with two attached hydrogens (primary N) is 1. The van der Waals surface area contributed by atoms with Crippen molar-refractivity contribution in [3.8, 4) is 6.07 Å². The number of hydrogen-bond donors (Lipinski definition) is 2. The van der Waals surface area contributed by atoms with Gasteiger partial charge >= 0.3 is 0 Å². The van der Waals surface area contributed by atoms with E-state index in [1.54, 1.807) is 12.1 Å². The molecule has 0 radical (unpaired) electrons. The molecule has 28 heavy (non-hydrogen) atoms. The van der Waals surface area contributed by atoms with Crippen molar-refractivity contribution in [2.24, 2.45) is 15.7 Å². The van der Waals surface area contributed by atoms with Crippen molar-refractivity contribution in [2.75, 3.05) is 5.32 Å². The molecule has 0 amide bonds. The first kappa shape index (κ1) is 19.1. The van der Waals surface area contributed by atoms with Crippen LogP contribution in [0.5, 0.6) is 0 Å². The van der Waals surface area contributed by atoms with E-state index in [1.807, 2.05) is 24.3 Å². The molecule has 0 aromatic heterocycles. The number of aryl methyl sites for hydroxylation is 1. The summed E-state index contributed by atoms with van der Waals surface area (Å²) in [6, 6.07) is 19.7. The Morgan fingerprint density at radius 2 is 1.68 bits per heavy atom. The number of anilines is 1. The summed E-state index contributed by atoms with van der Waals surface area (Å²) in [6.07, 6.45) is 5.79. The number of guanidine groups is 1. The van der Waals surface area contributed by atoms with Gasteiger partial charge in [0.05, 0.1) is 17.3 Å². The van der Waals surface area contributed by atoms with Crippen LogP contribution in [0.4, 0.5) is 5.69 Å². The average molecular weight is 369 g/mol. The van der Waals surface area contributed by atoms with E-state index < -0.39 is 0 Å². The highest BCUT2D eigenvalue weighted by atomic mass is 15.1. The number of rotatable bonds is 7. The quantitative estimate of drug-likeness (QED) is 0.702. The first-order valence-electron chi connectivity index (χ1n) is 9.28. The Labute approximate surface area is 165 Å². The van der Waals surface area contributed by atoms with Crippen LogP contribution in [-0.2, 0) is 6.42 Å². The van der Waals surface area contributed by atoms with E-state index in [2.05, 4.69) is 52.2 Å². The van der Waals surface area contributed by atoms with Crippen molar-refractivity contribution >= 4 is 17.4 Å². The Bertz CT molecular complexity index is 960. The Hall–Kier alpha value is -3.65. The lowest BCUT2D eigenvalue weighted by Gasteiger charge is -2.07. The standard InChI is InChI=1S/C23H23N5/c1-17-15-22(26-20-13-11-19(16-24)12-14-20)28-23(25)27-21(17)10-6-5-9-18-7-3-2-4-8-18/h2-4,7-8,11-15,26H,1,5-6,9-10H2,(H2,25,28). The Morgan fingerprint density at radius 1 is 0.964 bits per heavy atom. The summed E-state index contributed by atoms with van der Waals surface area (Å²) in [5.74, 6) is 0.791. The van der Waals surface area contributed by atoms with Crippen LogP contribution in [0.3, 0.4) is 0 Å². The zero-order valence-electron chi connectivity index (χ0n) is 15.7. The van der Waals surface area contributed by atoms with Crippen LogP contribution in [0.1, 0.15) is 30.4 Å². The molecule has 1 heterocycles. The van der Waals surface area contributed by atoms with Crippen LogP contribution in [0.15, 0.2) is 88.6 Å². The lowest BCUT2D eigenvalue weighted by molar-refractivity contribution is 0.762. The third-order valence-corrected chi connectivity index (χ3v) is 4.42. The largest absolute Gasteiger partial charge is 0.368 e. The lowest BCUT2D eigenvalue weighted by atomic mass is 10.0. The zero-order chi connectivity index (χ0) is 19.8. The molecule has 1 aliphatic heterocycles. The van der Waals surface area contributed by atoms with Gasteiger partial charge in [-0.25, -0.2) is 4.99 Å². The molecule has 0 atom stereocenters. The molecular weight excluding hydrogens is 346 g/mol. The van der Waals surface area contributed by atoms with Crippen LogP contribution in [-0.4, -0.2) is 11.7 Å². The fraction of sp³-hybridized carbons (Fsp3) is 0.174. The summed E-state index contributed by atoms with van der Waals surface area (Å²) in [5.41, 5.74) is 10.4. The van der Waals surface area contributed by atoms with Gasteiger partial charge in [-0.3, -0.25) is 0 Å². The first-order valence-corrected chi connectivity index (χ1v) is 9.28. The molecule has 0 spiro atoms. The summed E-state index contributed by atoms with van der Waals surface area (Å²) >= 11 is 0. The molecule has 0 bridgehead atoms. The van der Waals surface area contributed by atoms with E-state index >= 15 is 0 Å². The lowest BCUT2D eigenvalue weighted by Crippen LogP contribution is -2.12. The van der Waals surface area contributed by atoms with Crippen molar-refractivity contribution in [3.63, 3.8) is 0 Å². The van der Waals surface area contributed by atoms with Crippen molar-refractivity contribution in [3.05, 3.63) is 89.8 Å². The molecule has 0 saturated carbocycles. The Morgan fingerprint density at radius 3 is 2.39 bits per heavy atom. The van der Waals surface area contributed by atoms with E-state index in [0.29, 0.717) is 11.4 Å². The van der Waals surface area contributed by atoms with Gasteiger partial charge in [-0.2, -0.15) is 10.3 Å². The second kappa shape index (κ2) is 9.33. The summed E-state index contributed by atoms with van der Waals surface area (Å²) < 4.78 is 0. The number of nitrogens with one attached hydrogen (secondary N) is 1. The molecule has 0 saturated heterocycles. The number of hydrogen-bond acceptors (Lipinski definition) is 5. The van der Waals surface area contributed by atoms with Gasteiger partial charge in [-0.1, -0.05) is 36.9 Å². The summed E-state index contributed by atoms with van der Waals surface area (Å²) in [4.78, 5) is 8.75. The third-order valence-electron chi connectivity index (χ3n) is 4.42. The Balaban J connectivity index is 1.58. The molecule has 0 fully saturated rings. The normalized spacial score (nSPS) is 13.7. The molecule has 0 aliphatic carbocycles. The maximum absolute atomic E-state index is 8.89. The smallest absolute Gasteiger partial charge is 0.222 e. The molecule has 0 unspecified atom stereocenters. The third kappa shape index (κ3) is 5.42. The van der Waals surface area contributed by atoms with Gasteiger partial charge in [-0.15, -0.1) is 0 Å². The van der Waals surface area contributed by atoms with Gasteiger partial charge in [-0.05, 0) is 67.2 Å². The highest BCUT2D eigenvalue weighted by Crippen LogP contribution is 2.18. The predicted molar refractivity (Wildman–Crippen MR) is 115 cm³/mol. The van der Waals surface area contributed by atoms with Crippen molar-refractivity contribution in [1.29, 1.82) is 5.26 Å². The zero-order valence-corrected chi connectivity index (χ0v) is 15.7. The fourth-order valence-electron chi connectivity index (χ4n) is 2.96. The second-order valence-electron chi connectivity index (χ2n) is 6.59. The number of nitriles is 1. The number of aliphatic imine (C=N–C) groups is 2. The minimum Gasteiger partial charge on any atom is -0.368 e. The number of allylic oxidation sites excluding steroid dienone is 2. The van der Waals surface area contributed by atoms with Crippen molar-refractivity contribution in [1.82, 2.24) is 0 Å². The highest BCUT2D eigenvalue weighted by Gasteiger charge is 2.11. The number of unbranched alkanes of at least 4 members (excludes halogenated alkanes) is 1. The second-order valence-corrected chi connectivity index (χ2v) is 6.59. The monoisotopic (exact) mass is 369 g/mol. The van der Waals surface area contributed by atoms with Gasteiger partial charge in [0.15, 0.2) is 0 Å². The van der Waals surface area contributed by atoms with Crippen LogP contribution in [0.2, 0.25) is 0 Å². The molecule has 1 aliphatic rings. The Kier molecular flexibility index (Phi) is 6.37. The summed E-state index contributed by atoms with van der Waals surface area (Å²) in [5, 5.41) is 12.1. The van der Waals surface area contributed by atoms with Gasteiger partial charge in [0, 0.05) is 5.69 Å². The topological polar surface area (TPSA) is 86.6 Å². The molecule has 5 nitrogen and oxygen atoms in total. The van der Waals surface area contributed by atoms with E-state index in [4.69, 9.17) is 11.0 Å². The van der Waals surface area contributed by atoms with Crippen LogP contribution >= 0.6 is 0 Å². The van der Waals surface area contributed by atoms with E-state index in [9.17, 15) is 0 Å².